The first-order valence-corrected chi connectivity index (χ1v) is 5.88. The highest BCUT2D eigenvalue weighted by atomic mass is 19.4. The van der Waals surface area contributed by atoms with Crippen LogP contribution in [0.2, 0.25) is 0 Å². The lowest BCUT2D eigenvalue weighted by molar-refractivity contribution is -0.152. The lowest BCUT2D eigenvalue weighted by atomic mass is 9.91. The maximum absolute atomic E-state index is 12.7. The Morgan fingerprint density at radius 3 is 2.14 bits per heavy atom. The van der Waals surface area contributed by atoms with Crippen LogP contribution in [0, 0.1) is 5.92 Å². The van der Waals surface area contributed by atoms with Gasteiger partial charge >= 0.3 is 18.3 Å². The van der Waals surface area contributed by atoms with Crippen LogP contribution in [-0.4, -0.2) is 17.3 Å². The van der Waals surface area contributed by atoms with Gasteiger partial charge in [-0.2, -0.15) is 26.3 Å². The van der Waals surface area contributed by atoms with Crippen molar-refractivity contribution < 1.29 is 36.2 Å². The van der Waals surface area contributed by atoms with Gasteiger partial charge in [0.15, 0.2) is 0 Å². The number of rotatable bonds is 2. The summed E-state index contributed by atoms with van der Waals surface area (Å²) in [5.74, 6) is -3.37. The third kappa shape index (κ3) is 2.84. The number of hydrogen-bond donors (Lipinski definition) is 1. The highest BCUT2D eigenvalue weighted by Crippen LogP contribution is 2.61. The van der Waals surface area contributed by atoms with Gasteiger partial charge in [-0.05, 0) is 30.2 Å². The van der Waals surface area contributed by atoms with Crippen molar-refractivity contribution in [2.24, 2.45) is 5.92 Å². The molecule has 21 heavy (non-hydrogen) atoms. The van der Waals surface area contributed by atoms with Crippen LogP contribution >= 0.6 is 0 Å². The van der Waals surface area contributed by atoms with E-state index in [-0.39, 0.29) is 12.0 Å². The molecule has 1 aromatic carbocycles. The smallest absolute Gasteiger partial charge is 0.416 e. The van der Waals surface area contributed by atoms with Crippen molar-refractivity contribution >= 4 is 5.97 Å². The molecule has 0 bridgehead atoms. The lowest BCUT2D eigenvalue weighted by Gasteiger charge is -2.17. The molecule has 0 aliphatic heterocycles. The molecule has 0 aromatic heterocycles. The van der Waals surface area contributed by atoms with Crippen LogP contribution in [0.1, 0.15) is 34.8 Å². The summed E-state index contributed by atoms with van der Waals surface area (Å²) in [5.41, 5.74) is -3.69. The van der Waals surface area contributed by atoms with Gasteiger partial charge in [0.25, 0.3) is 0 Å². The molecule has 2 atom stereocenters. The van der Waals surface area contributed by atoms with Crippen LogP contribution in [0.4, 0.5) is 26.3 Å². The molecule has 0 heterocycles. The van der Waals surface area contributed by atoms with Crippen molar-refractivity contribution in [3.8, 4) is 0 Å². The van der Waals surface area contributed by atoms with Gasteiger partial charge in [-0.3, -0.25) is 0 Å². The van der Waals surface area contributed by atoms with E-state index in [2.05, 4.69) is 0 Å². The maximum Gasteiger partial charge on any atom is 0.416 e. The van der Waals surface area contributed by atoms with E-state index < -0.39 is 40.8 Å². The van der Waals surface area contributed by atoms with Gasteiger partial charge in [0.1, 0.15) is 0 Å². The second kappa shape index (κ2) is 4.38. The molecule has 2 nitrogen and oxygen atoms in total. The summed E-state index contributed by atoms with van der Waals surface area (Å²) in [5, 5.41) is 8.82. The second-order valence-electron chi connectivity index (χ2n) is 5.32. The van der Waals surface area contributed by atoms with Crippen LogP contribution in [0.25, 0.3) is 0 Å². The number of aromatic carboxylic acids is 1. The van der Waals surface area contributed by atoms with Gasteiger partial charge < -0.3 is 5.11 Å². The summed E-state index contributed by atoms with van der Waals surface area (Å²) in [6.07, 6.45) is -9.69. The molecule has 1 N–H and O–H groups in total. The van der Waals surface area contributed by atoms with E-state index in [1.54, 1.807) is 0 Å². The van der Waals surface area contributed by atoms with Crippen molar-refractivity contribution in [1.82, 2.24) is 0 Å². The lowest BCUT2D eigenvalue weighted by Crippen LogP contribution is -2.19. The number of hydrogen-bond acceptors (Lipinski definition) is 1. The Morgan fingerprint density at radius 1 is 1.19 bits per heavy atom. The predicted molar refractivity (Wildman–Crippen MR) is 59.9 cm³/mol. The van der Waals surface area contributed by atoms with E-state index in [9.17, 15) is 31.1 Å². The van der Waals surface area contributed by atoms with E-state index in [1.807, 2.05) is 0 Å². The fourth-order valence-electron chi connectivity index (χ4n) is 2.41. The molecule has 0 saturated heterocycles. The van der Waals surface area contributed by atoms with Gasteiger partial charge in [0.2, 0.25) is 0 Å². The Balaban J connectivity index is 2.51. The van der Waals surface area contributed by atoms with Crippen molar-refractivity contribution in [2.75, 3.05) is 0 Å². The quantitative estimate of drug-likeness (QED) is 0.829. The summed E-state index contributed by atoms with van der Waals surface area (Å²) in [7, 11) is 0. The predicted octanol–water partition coefficient (Wildman–Crippen LogP) is 4.24. The zero-order valence-corrected chi connectivity index (χ0v) is 10.6. The van der Waals surface area contributed by atoms with E-state index in [1.165, 1.54) is 6.92 Å². The minimum Gasteiger partial charge on any atom is -0.478 e. The summed E-state index contributed by atoms with van der Waals surface area (Å²) < 4.78 is 76.2. The van der Waals surface area contributed by atoms with E-state index in [4.69, 9.17) is 5.11 Å². The minimum atomic E-state index is -4.82. The molecule has 1 saturated carbocycles. The van der Waals surface area contributed by atoms with E-state index >= 15 is 0 Å². The van der Waals surface area contributed by atoms with Crippen LogP contribution < -0.4 is 0 Å². The fraction of sp³-hybridized carbons (Fsp3) is 0.462. The summed E-state index contributed by atoms with van der Waals surface area (Å²) in [4.78, 5) is 10.9. The fourth-order valence-corrected chi connectivity index (χ4v) is 2.41. The van der Waals surface area contributed by atoms with Gasteiger partial charge in [0.05, 0.1) is 17.0 Å². The highest BCUT2D eigenvalue weighted by molar-refractivity contribution is 5.88. The molecule has 116 valence electrons. The van der Waals surface area contributed by atoms with Gasteiger partial charge in [-0.15, -0.1) is 0 Å². The largest absolute Gasteiger partial charge is 0.478 e. The summed E-state index contributed by atoms with van der Waals surface area (Å²) in [6, 6.07) is 1.89. The third-order valence-electron chi connectivity index (χ3n) is 3.80. The molecular weight excluding hydrogens is 302 g/mol. The van der Waals surface area contributed by atoms with Gasteiger partial charge in [-0.25, -0.2) is 4.79 Å². The third-order valence-corrected chi connectivity index (χ3v) is 3.80. The second-order valence-corrected chi connectivity index (χ2v) is 5.32. The Labute approximate surface area is 115 Å². The van der Waals surface area contributed by atoms with Crippen molar-refractivity contribution in [3.63, 3.8) is 0 Å². The Kier molecular flexibility index (Phi) is 3.27. The van der Waals surface area contributed by atoms with Crippen LogP contribution in [0.3, 0.4) is 0 Å². The number of carboxylic acid groups (broad SMARTS) is 1. The zero-order chi connectivity index (χ0) is 16.2. The molecule has 0 amide bonds. The maximum atomic E-state index is 12.7. The van der Waals surface area contributed by atoms with Crippen LogP contribution in [-0.2, 0) is 11.6 Å². The van der Waals surface area contributed by atoms with Crippen molar-refractivity contribution in [1.29, 1.82) is 0 Å². The molecular formula is C13H10F6O2. The molecule has 8 heteroatoms. The molecule has 2 unspecified atom stereocenters. The topological polar surface area (TPSA) is 37.3 Å². The Bertz CT molecular complexity index is 589. The number of benzene rings is 1. The zero-order valence-electron chi connectivity index (χ0n) is 10.6. The molecule has 2 rings (SSSR count). The van der Waals surface area contributed by atoms with Gasteiger partial charge in [-0.1, -0.05) is 6.92 Å². The van der Waals surface area contributed by atoms with E-state index in [0.29, 0.717) is 12.1 Å². The Hall–Kier alpha value is -1.73. The first-order valence-electron chi connectivity index (χ1n) is 5.88. The molecule has 1 aliphatic carbocycles. The SMILES string of the molecule is CC1(c2cc(C(=O)O)cc(C(F)(F)F)c2)CC1C(F)(F)F. The standard InChI is InChI=1S/C13H10F6O2/c1-11(5-9(11)13(17,18)19)7-2-6(10(20)21)3-8(4-7)12(14,15)16/h2-4,9H,5H2,1H3,(H,20,21). The molecule has 1 aliphatic rings. The molecule has 0 spiro atoms. The minimum absolute atomic E-state index is 0.253. The summed E-state index contributed by atoms with van der Waals surface area (Å²) >= 11 is 0. The van der Waals surface area contributed by atoms with Crippen LogP contribution in [0.5, 0.6) is 0 Å². The first-order chi connectivity index (χ1) is 9.35. The van der Waals surface area contributed by atoms with E-state index in [0.717, 1.165) is 6.07 Å². The normalized spacial score (nSPS) is 25.8. The van der Waals surface area contributed by atoms with Crippen LogP contribution in [0.15, 0.2) is 18.2 Å². The number of halogens is 6. The number of carboxylic acids is 1. The Morgan fingerprint density at radius 2 is 1.76 bits per heavy atom. The van der Waals surface area contributed by atoms with Crippen molar-refractivity contribution in [3.05, 3.63) is 34.9 Å². The molecule has 1 aromatic rings. The number of carbonyl (C=O) groups is 1. The van der Waals surface area contributed by atoms with Crippen molar-refractivity contribution in [2.45, 2.75) is 31.1 Å². The molecule has 0 radical (unpaired) electrons. The average Bonchev–Trinajstić information content (AvgIpc) is 3.01. The first kappa shape index (κ1) is 15.7. The summed E-state index contributed by atoms with van der Waals surface area (Å²) in [6.45, 7) is 1.19. The molecule has 1 fully saturated rings. The highest BCUT2D eigenvalue weighted by Gasteiger charge is 2.64. The number of alkyl halides is 6. The monoisotopic (exact) mass is 312 g/mol. The average molecular weight is 312 g/mol. The van der Waals surface area contributed by atoms with Gasteiger partial charge in [0, 0.05) is 5.41 Å².